The maximum absolute atomic E-state index is 6.05. The first kappa shape index (κ1) is 15.9. The summed E-state index contributed by atoms with van der Waals surface area (Å²) in [5, 5.41) is 0. The largest absolute Gasteiger partial charge is 0.457 e. The Kier molecular flexibility index (Phi) is 3.66. The average Bonchev–Trinajstić information content (AvgIpc) is 2.74. The summed E-state index contributed by atoms with van der Waals surface area (Å²) in [6.07, 6.45) is 0. The van der Waals surface area contributed by atoms with Gasteiger partial charge in [-0.25, -0.2) is 0 Å². The number of fused-ring (bicyclic) bond motifs is 3. The highest BCUT2D eigenvalue weighted by atomic mass is 16.7. The second-order valence-electron chi connectivity index (χ2n) is 6.81. The van der Waals surface area contributed by atoms with Crippen LogP contribution in [0.15, 0.2) is 0 Å². The normalized spacial score (nSPS) is 12.9. The van der Waals surface area contributed by atoms with Crippen molar-refractivity contribution < 1.29 is 9.47 Å². The van der Waals surface area contributed by atoms with E-state index in [0.717, 1.165) is 11.5 Å². The van der Waals surface area contributed by atoms with Crippen LogP contribution in [0.1, 0.15) is 44.5 Å². The molecule has 0 radical (unpaired) electrons. The van der Waals surface area contributed by atoms with E-state index >= 15 is 0 Å². The number of benzene rings is 2. The molecule has 23 heavy (non-hydrogen) atoms. The molecule has 0 atom stereocenters. The fraction of sp³-hybridized carbons (Fsp3) is 0.429. The van der Waals surface area contributed by atoms with Gasteiger partial charge in [0.2, 0.25) is 6.79 Å². The summed E-state index contributed by atoms with van der Waals surface area (Å²) in [5.41, 5.74) is 12.7. The van der Waals surface area contributed by atoms with Crippen LogP contribution in [0.3, 0.4) is 0 Å². The molecule has 0 N–H and O–H groups in total. The van der Waals surface area contributed by atoms with E-state index in [-0.39, 0.29) is 6.79 Å². The molecule has 1 aliphatic heterocycles. The van der Waals surface area contributed by atoms with Crippen LogP contribution in [0.4, 0.5) is 0 Å². The molecular weight excluding hydrogens is 284 g/mol. The van der Waals surface area contributed by atoms with Gasteiger partial charge >= 0.3 is 0 Å². The zero-order valence-corrected chi connectivity index (χ0v) is 15.5. The van der Waals surface area contributed by atoms with Crippen molar-refractivity contribution in [3.05, 3.63) is 44.5 Å². The Morgan fingerprint density at radius 2 is 0.739 bits per heavy atom. The summed E-state index contributed by atoms with van der Waals surface area (Å²) in [6.45, 7) is 17.7. The predicted molar refractivity (Wildman–Crippen MR) is 95.9 cm³/mol. The molecule has 0 saturated carbocycles. The summed E-state index contributed by atoms with van der Waals surface area (Å²) < 4.78 is 12.1. The quantitative estimate of drug-likeness (QED) is 0.635. The molecule has 2 aromatic rings. The van der Waals surface area contributed by atoms with Gasteiger partial charge in [0.1, 0.15) is 11.5 Å². The Labute approximate surface area is 139 Å². The first-order chi connectivity index (χ1) is 10.8. The van der Waals surface area contributed by atoms with E-state index in [4.69, 9.17) is 9.47 Å². The lowest BCUT2D eigenvalue weighted by Crippen LogP contribution is -2.06. The molecule has 2 heteroatoms. The van der Waals surface area contributed by atoms with Gasteiger partial charge in [0.15, 0.2) is 0 Å². The van der Waals surface area contributed by atoms with E-state index in [9.17, 15) is 0 Å². The smallest absolute Gasteiger partial charge is 0.230 e. The van der Waals surface area contributed by atoms with Crippen LogP contribution in [0.5, 0.6) is 11.5 Å². The molecule has 1 aliphatic rings. The van der Waals surface area contributed by atoms with Gasteiger partial charge in [0.05, 0.1) is 0 Å². The number of hydrogen-bond acceptors (Lipinski definition) is 2. The molecule has 3 rings (SSSR count). The van der Waals surface area contributed by atoms with Gasteiger partial charge in [-0.1, -0.05) is 0 Å². The van der Waals surface area contributed by atoms with E-state index in [2.05, 4.69) is 55.4 Å². The minimum absolute atomic E-state index is 0.269. The van der Waals surface area contributed by atoms with Crippen molar-refractivity contribution in [3.63, 3.8) is 0 Å². The van der Waals surface area contributed by atoms with Crippen LogP contribution < -0.4 is 9.47 Å². The zero-order valence-electron chi connectivity index (χ0n) is 15.5. The van der Waals surface area contributed by atoms with Gasteiger partial charge in [-0.05, 0) is 99.9 Å². The Morgan fingerprint density at radius 1 is 0.435 bits per heavy atom. The molecule has 0 saturated heterocycles. The topological polar surface area (TPSA) is 18.5 Å². The van der Waals surface area contributed by atoms with Crippen molar-refractivity contribution in [2.75, 3.05) is 6.79 Å². The van der Waals surface area contributed by atoms with E-state index in [1.165, 1.54) is 55.6 Å². The third kappa shape index (κ3) is 2.08. The molecule has 0 aliphatic carbocycles. The van der Waals surface area contributed by atoms with E-state index in [1.807, 2.05) is 0 Å². The van der Waals surface area contributed by atoms with Gasteiger partial charge in [-0.15, -0.1) is 0 Å². The number of hydrogen-bond donors (Lipinski definition) is 0. The van der Waals surface area contributed by atoms with Crippen molar-refractivity contribution in [2.24, 2.45) is 0 Å². The highest BCUT2D eigenvalue weighted by molar-refractivity contribution is 5.86. The maximum atomic E-state index is 6.05. The Bertz CT molecular complexity index is 760. The van der Waals surface area contributed by atoms with Crippen molar-refractivity contribution >= 4 is 0 Å². The highest BCUT2D eigenvalue weighted by Gasteiger charge is 2.27. The lowest BCUT2D eigenvalue weighted by molar-refractivity contribution is 0.123. The second kappa shape index (κ2) is 5.30. The van der Waals surface area contributed by atoms with Crippen molar-refractivity contribution in [3.8, 4) is 22.6 Å². The predicted octanol–water partition coefficient (Wildman–Crippen LogP) is 5.55. The zero-order chi connectivity index (χ0) is 17.0. The molecule has 0 aromatic heterocycles. The van der Waals surface area contributed by atoms with Crippen LogP contribution in [0.25, 0.3) is 11.1 Å². The fourth-order valence-corrected chi connectivity index (χ4v) is 3.67. The molecule has 122 valence electrons. The molecule has 2 aromatic carbocycles. The molecule has 2 nitrogen and oxygen atoms in total. The first-order valence-corrected chi connectivity index (χ1v) is 8.24. The summed E-state index contributed by atoms with van der Waals surface area (Å²) >= 11 is 0. The van der Waals surface area contributed by atoms with Crippen LogP contribution >= 0.6 is 0 Å². The van der Waals surface area contributed by atoms with E-state index < -0.39 is 0 Å². The molecule has 1 heterocycles. The molecule has 0 bridgehead atoms. The lowest BCUT2D eigenvalue weighted by atomic mass is 9.84. The summed E-state index contributed by atoms with van der Waals surface area (Å²) in [5.74, 6) is 1.96. The summed E-state index contributed by atoms with van der Waals surface area (Å²) in [4.78, 5) is 0. The van der Waals surface area contributed by atoms with Crippen LogP contribution in [-0.4, -0.2) is 6.79 Å². The van der Waals surface area contributed by atoms with Crippen molar-refractivity contribution in [1.82, 2.24) is 0 Å². The summed E-state index contributed by atoms with van der Waals surface area (Å²) in [7, 11) is 0. The highest BCUT2D eigenvalue weighted by Crippen LogP contribution is 2.49. The third-order valence-corrected chi connectivity index (χ3v) is 5.92. The first-order valence-electron chi connectivity index (χ1n) is 8.24. The van der Waals surface area contributed by atoms with Crippen molar-refractivity contribution in [1.29, 1.82) is 0 Å². The third-order valence-electron chi connectivity index (χ3n) is 5.92. The molecule has 0 spiro atoms. The minimum Gasteiger partial charge on any atom is -0.457 e. The van der Waals surface area contributed by atoms with Gasteiger partial charge in [0.25, 0.3) is 0 Å². The molecule has 0 fully saturated rings. The van der Waals surface area contributed by atoms with Gasteiger partial charge in [0, 0.05) is 11.1 Å². The Morgan fingerprint density at radius 3 is 1.09 bits per heavy atom. The van der Waals surface area contributed by atoms with Gasteiger partial charge in [-0.2, -0.15) is 0 Å². The van der Waals surface area contributed by atoms with Crippen LogP contribution in [-0.2, 0) is 0 Å². The monoisotopic (exact) mass is 310 g/mol. The standard InChI is InChI=1S/C21H26O2/c1-10-12(3)16(7)20-18(14(10)5)19-15(6)11(2)13(4)17(8)21(19)23-9-22-20/h9H2,1-8H3. The van der Waals surface area contributed by atoms with Crippen molar-refractivity contribution in [2.45, 2.75) is 55.4 Å². The van der Waals surface area contributed by atoms with Gasteiger partial charge in [-0.3, -0.25) is 0 Å². The summed E-state index contributed by atoms with van der Waals surface area (Å²) in [6, 6.07) is 0. The van der Waals surface area contributed by atoms with E-state index in [0.29, 0.717) is 0 Å². The molecular formula is C21H26O2. The molecule has 0 unspecified atom stereocenters. The van der Waals surface area contributed by atoms with Gasteiger partial charge < -0.3 is 9.47 Å². The fourth-order valence-electron chi connectivity index (χ4n) is 3.67. The number of rotatable bonds is 0. The Hall–Kier alpha value is -1.96. The second-order valence-corrected chi connectivity index (χ2v) is 6.81. The van der Waals surface area contributed by atoms with Crippen LogP contribution in [0.2, 0.25) is 0 Å². The van der Waals surface area contributed by atoms with E-state index in [1.54, 1.807) is 0 Å². The number of ether oxygens (including phenoxy) is 2. The lowest BCUT2D eigenvalue weighted by Gasteiger charge is -2.22. The minimum atomic E-state index is 0.269. The van der Waals surface area contributed by atoms with Crippen LogP contribution in [0, 0.1) is 55.4 Å². The SMILES string of the molecule is Cc1c(C)c(C)c2c(c1C)OCOc1c(C)c(C)c(C)c(C)c1-2. The average molecular weight is 310 g/mol. The Balaban J connectivity index is 2.53. The maximum Gasteiger partial charge on any atom is 0.230 e. The molecule has 0 amide bonds.